The summed E-state index contributed by atoms with van der Waals surface area (Å²) in [5, 5.41) is 4.44. The average molecular weight is 593 g/mol. The van der Waals surface area contributed by atoms with Crippen molar-refractivity contribution in [1.82, 2.24) is 15.4 Å². The van der Waals surface area contributed by atoms with Crippen molar-refractivity contribution >= 4 is 33.7 Å². The summed E-state index contributed by atoms with van der Waals surface area (Å²) in [7, 11) is -2.25. The largest absolute Gasteiger partial charge is 0.497 e. The number of primary amides is 1. The zero-order valence-electron chi connectivity index (χ0n) is 22.9. The van der Waals surface area contributed by atoms with E-state index in [1.807, 2.05) is 35.1 Å². The zero-order chi connectivity index (χ0) is 30.3. The molecule has 42 heavy (non-hydrogen) atoms. The summed E-state index contributed by atoms with van der Waals surface area (Å²) >= 11 is 0. The summed E-state index contributed by atoms with van der Waals surface area (Å²) in [6, 6.07) is 20.4. The van der Waals surface area contributed by atoms with E-state index in [9.17, 15) is 27.6 Å². The highest BCUT2D eigenvalue weighted by atomic mass is 32.2. The number of benzene rings is 3. The van der Waals surface area contributed by atoms with Gasteiger partial charge in [-0.2, -0.15) is 0 Å². The van der Waals surface area contributed by atoms with Crippen molar-refractivity contribution in [2.75, 3.05) is 7.11 Å². The van der Waals surface area contributed by atoms with Gasteiger partial charge in [-0.25, -0.2) is 8.42 Å². The molecule has 0 aromatic heterocycles. The first-order valence-electron chi connectivity index (χ1n) is 13.2. The molecule has 12 heteroatoms. The van der Waals surface area contributed by atoms with Gasteiger partial charge in [0, 0.05) is 12.8 Å². The molecule has 4 amide bonds. The minimum absolute atomic E-state index is 0.0337. The predicted molar refractivity (Wildman–Crippen MR) is 154 cm³/mol. The van der Waals surface area contributed by atoms with Gasteiger partial charge in [0.05, 0.1) is 20.0 Å². The molecular formula is C30H32N4O7S. The van der Waals surface area contributed by atoms with Gasteiger partial charge in [0.15, 0.2) is 0 Å². The number of carbonyl (C=O) groups excluding carboxylic acids is 4. The minimum atomic E-state index is -3.79. The second kappa shape index (κ2) is 13.3. The Kier molecular flexibility index (Phi) is 9.58. The standard InChI is InChI=1S/C30H32N4O7S/c1-41-23-13-9-21(10-14-23)17-27(35)32-25(16-19-5-3-2-4-6-19)30(38)33-24(29(31)37)15-20-7-11-22(12-8-20)26-18-28(36)34-42(26,39)40/h2-14,24-26H,15-18H2,1H3,(H2,31,37)(H,32,35)(H,33,38)(H,34,36)/t24-,25-,26?/m0/s1. The molecule has 1 aliphatic heterocycles. The molecule has 1 aliphatic rings. The lowest BCUT2D eigenvalue weighted by molar-refractivity contribution is -0.131. The SMILES string of the molecule is COc1ccc(CC(=O)N[C@@H](Cc2ccccc2)C(=O)N[C@@H](Cc2ccc(C3CC(=O)NS3(=O)=O)cc2)C(N)=O)cc1. The van der Waals surface area contributed by atoms with Crippen molar-refractivity contribution < 1.29 is 32.3 Å². The second-order valence-corrected chi connectivity index (χ2v) is 11.9. The molecule has 3 aromatic carbocycles. The van der Waals surface area contributed by atoms with Crippen molar-refractivity contribution in [2.45, 2.75) is 43.0 Å². The van der Waals surface area contributed by atoms with E-state index in [4.69, 9.17) is 10.5 Å². The van der Waals surface area contributed by atoms with E-state index < -0.39 is 45.1 Å². The van der Waals surface area contributed by atoms with E-state index in [0.717, 1.165) is 11.1 Å². The third-order valence-electron chi connectivity index (χ3n) is 6.91. The van der Waals surface area contributed by atoms with Crippen LogP contribution in [0.3, 0.4) is 0 Å². The lowest BCUT2D eigenvalue weighted by atomic mass is 10.0. The van der Waals surface area contributed by atoms with Gasteiger partial charge in [0.25, 0.3) is 0 Å². The number of ether oxygens (including phenoxy) is 1. The number of methoxy groups -OCH3 is 1. The van der Waals surface area contributed by atoms with Crippen molar-refractivity contribution in [3.63, 3.8) is 0 Å². The number of hydrogen-bond donors (Lipinski definition) is 4. The molecule has 3 atom stereocenters. The van der Waals surface area contributed by atoms with Crippen LogP contribution in [0.15, 0.2) is 78.9 Å². The van der Waals surface area contributed by atoms with Gasteiger partial charge < -0.3 is 21.1 Å². The summed E-state index contributed by atoms with van der Waals surface area (Å²) in [4.78, 5) is 50.2. The highest BCUT2D eigenvalue weighted by Crippen LogP contribution is 2.30. The maximum atomic E-state index is 13.4. The van der Waals surface area contributed by atoms with E-state index in [-0.39, 0.29) is 31.6 Å². The van der Waals surface area contributed by atoms with Crippen molar-refractivity contribution in [3.05, 3.63) is 101 Å². The number of nitrogens with two attached hydrogens (primary N) is 1. The lowest BCUT2D eigenvalue weighted by Gasteiger charge is -2.22. The van der Waals surface area contributed by atoms with Gasteiger partial charge in [0.2, 0.25) is 33.7 Å². The Morgan fingerprint density at radius 2 is 1.48 bits per heavy atom. The van der Waals surface area contributed by atoms with Crippen LogP contribution in [0.5, 0.6) is 5.75 Å². The van der Waals surface area contributed by atoms with E-state index in [2.05, 4.69) is 10.6 Å². The first kappa shape index (κ1) is 30.3. The van der Waals surface area contributed by atoms with E-state index in [1.165, 1.54) is 0 Å². The normalized spacial score (nSPS) is 17.0. The molecule has 0 saturated carbocycles. The number of rotatable bonds is 12. The number of amides is 4. The maximum Gasteiger partial charge on any atom is 0.243 e. The van der Waals surface area contributed by atoms with Crippen LogP contribution in [0.25, 0.3) is 0 Å². The third-order valence-corrected chi connectivity index (χ3v) is 8.61. The Labute approximate surface area is 243 Å². The number of hydrogen-bond acceptors (Lipinski definition) is 7. The van der Waals surface area contributed by atoms with Crippen LogP contribution in [-0.2, 0) is 48.5 Å². The van der Waals surface area contributed by atoms with Gasteiger partial charge in [0.1, 0.15) is 23.1 Å². The Hall–Kier alpha value is -4.71. The average Bonchev–Trinajstić information content (AvgIpc) is 3.24. The Morgan fingerprint density at radius 1 is 0.881 bits per heavy atom. The molecule has 220 valence electrons. The highest BCUT2D eigenvalue weighted by Gasteiger charge is 2.37. The van der Waals surface area contributed by atoms with Crippen LogP contribution in [0.1, 0.15) is 33.9 Å². The number of sulfonamides is 1. The van der Waals surface area contributed by atoms with Gasteiger partial charge in [-0.3, -0.25) is 23.9 Å². The molecule has 1 unspecified atom stereocenters. The topological polar surface area (TPSA) is 174 Å². The van der Waals surface area contributed by atoms with Crippen molar-refractivity contribution in [1.29, 1.82) is 0 Å². The molecule has 0 aliphatic carbocycles. The molecule has 3 aromatic rings. The van der Waals surface area contributed by atoms with Crippen LogP contribution >= 0.6 is 0 Å². The molecule has 1 fully saturated rings. The Bertz CT molecular complexity index is 1540. The van der Waals surface area contributed by atoms with Crippen molar-refractivity contribution in [3.8, 4) is 5.75 Å². The summed E-state index contributed by atoms with van der Waals surface area (Å²) in [6.07, 6.45) is 0.0816. The maximum absolute atomic E-state index is 13.4. The zero-order valence-corrected chi connectivity index (χ0v) is 23.7. The molecule has 0 spiro atoms. The molecule has 0 radical (unpaired) electrons. The highest BCUT2D eigenvalue weighted by molar-refractivity contribution is 7.90. The molecule has 4 rings (SSSR count). The van der Waals surface area contributed by atoms with Gasteiger partial charge >= 0.3 is 0 Å². The number of nitrogens with one attached hydrogen (secondary N) is 3. The molecule has 11 nitrogen and oxygen atoms in total. The lowest BCUT2D eigenvalue weighted by Crippen LogP contribution is -2.54. The predicted octanol–water partition coefficient (Wildman–Crippen LogP) is 1.07. The van der Waals surface area contributed by atoms with E-state index in [1.54, 1.807) is 55.6 Å². The summed E-state index contributed by atoms with van der Waals surface area (Å²) < 4.78 is 31.5. The van der Waals surface area contributed by atoms with E-state index >= 15 is 0 Å². The molecule has 1 heterocycles. The quantitative estimate of drug-likeness (QED) is 0.243. The summed E-state index contributed by atoms with van der Waals surface area (Å²) in [5.41, 5.74) is 8.20. The van der Waals surface area contributed by atoms with Crippen LogP contribution in [0.4, 0.5) is 0 Å². The van der Waals surface area contributed by atoms with Crippen LogP contribution in [0, 0.1) is 0 Å². The van der Waals surface area contributed by atoms with Crippen LogP contribution in [0.2, 0.25) is 0 Å². The summed E-state index contributed by atoms with van der Waals surface area (Å²) in [6.45, 7) is 0. The molecular weight excluding hydrogens is 560 g/mol. The van der Waals surface area contributed by atoms with Crippen LogP contribution in [-0.4, -0.2) is 51.2 Å². The van der Waals surface area contributed by atoms with Crippen LogP contribution < -0.4 is 25.8 Å². The number of carbonyl (C=O) groups is 4. The molecule has 1 saturated heterocycles. The fourth-order valence-corrected chi connectivity index (χ4v) is 6.11. The monoisotopic (exact) mass is 592 g/mol. The van der Waals surface area contributed by atoms with Gasteiger partial charge in [-0.1, -0.05) is 66.7 Å². The fraction of sp³-hybridized carbons (Fsp3) is 0.267. The fourth-order valence-electron chi connectivity index (χ4n) is 4.68. The molecule has 5 N–H and O–H groups in total. The second-order valence-electron chi connectivity index (χ2n) is 10.0. The minimum Gasteiger partial charge on any atom is -0.497 e. The smallest absolute Gasteiger partial charge is 0.243 e. The van der Waals surface area contributed by atoms with Gasteiger partial charge in [-0.15, -0.1) is 0 Å². The Balaban J connectivity index is 1.45. The van der Waals surface area contributed by atoms with Crippen molar-refractivity contribution in [2.24, 2.45) is 5.73 Å². The summed E-state index contributed by atoms with van der Waals surface area (Å²) in [5.74, 6) is -1.64. The van der Waals surface area contributed by atoms with Gasteiger partial charge in [-0.05, 0) is 34.4 Å². The first-order chi connectivity index (χ1) is 20.0. The molecule has 0 bridgehead atoms. The first-order valence-corrected chi connectivity index (χ1v) is 14.8. The van der Waals surface area contributed by atoms with E-state index in [0.29, 0.717) is 16.9 Å². The third kappa shape index (κ3) is 7.94. The Morgan fingerprint density at radius 3 is 2.05 bits per heavy atom.